The van der Waals surface area contributed by atoms with E-state index in [-0.39, 0.29) is 0 Å². The fourth-order valence-corrected chi connectivity index (χ4v) is 1.58. The summed E-state index contributed by atoms with van der Waals surface area (Å²) in [7, 11) is 0. The van der Waals surface area contributed by atoms with Crippen LogP contribution in [-0.4, -0.2) is 5.71 Å². The van der Waals surface area contributed by atoms with Crippen molar-refractivity contribution in [1.29, 1.82) is 5.41 Å². The van der Waals surface area contributed by atoms with Crippen LogP contribution in [0.15, 0.2) is 35.5 Å². The normalized spacial score (nSPS) is 16.2. The molecule has 0 bridgehead atoms. The maximum Gasteiger partial charge on any atom is 0.00989 e. The highest BCUT2D eigenvalue weighted by molar-refractivity contribution is 5.81. The highest BCUT2D eigenvalue weighted by atomic mass is 14.4. The Morgan fingerprint density at radius 2 is 2.23 bits per heavy atom. The molecule has 0 saturated carbocycles. The first kappa shape index (κ1) is 9.97. The van der Waals surface area contributed by atoms with Gasteiger partial charge < -0.3 is 5.41 Å². The number of rotatable bonds is 3. The third-order valence-corrected chi connectivity index (χ3v) is 2.22. The molecule has 0 aromatic heterocycles. The Morgan fingerprint density at radius 3 is 2.85 bits per heavy atom. The molecule has 0 heterocycles. The van der Waals surface area contributed by atoms with Crippen LogP contribution in [0.3, 0.4) is 0 Å². The van der Waals surface area contributed by atoms with Crippen LogP contribution in [0.2, 0.25) is 0 Å². The molecule has 1 aliphatic carbocycles. The highest BCUT2D eigenvalue weighted by Crippen LogP contribution is 2.20. The zero-order valence-corrected chi connectivity index (χ0v) is 8.43. The van der Waals surface area contributed by atoms with E-state index < -0.39 is 0 Å². The first-order chi connectivity index (χ1) is 6.24. The summed E-state index contributed by atoms with van der Waals surface area (Å²) in [6.07, 6.45) is 11.4. The molecule has 0 amide bonds. The van der Waals surface area contributed by atoms with Gasteiger partial charge in [-0.25, -0.2) is 0 Å². The molecule has 1 rings (SSSR count). The topological polar surface area (TPSA) is 23.9 Å². The van der Waals surface area contributed by atoms with E-state index in [9.17, 15) is 0 Å². The molecule has 1 heteroatoms. The largest absolute Gasteiger partial charge is 0.310 e. The van der Waals surface area contributed by atoms with E-state index in [0.29, 0.717) is 0 Å². The van der Waals surface area contributed by atoms with Gasteiger partial charge in [0.05, 0.1) is 0 Å². The van der Waals surface area contributed by atoms with Gasteiger partial charge in [-0.3, -0.25) is 0 Å². The molecule has 0 fully saturated rings. The standard InChI is InChI=1S/C12H17N/c1-3-11-7-5-4-6-8-12(11)9-10(2)13/h4-7,13H,3,8-9H2,1-2H3. The van der Waals surface area contributed by atoms with Crippen molar-refractivity contribution in [2.45, 2.75) is 33.1 Å². The predicted octanol–water partition coefficient (Wildman–Crippen LogP) is 3.64. The maximum absolute atomic E-state index is 7.48. The van der Waals surface area contributed by atoms with Gasteiger partial charge >= 0.3 is 0 Å². The molecule has 1 N–H and O–H groups in total. The Morgan fingerprint density at radius 1 is 1.46 bits per heavy atom. The van der Waals surface area contributed by atoms with Gasteiger partial charge in [-0.1, -0.05) is 36.8 Å². The Bertz CT molecular complexity index is 279. The van der Waals surface area contributed by atoms with Crippen molar-refractivity contribution in [3.05, 3.63) is 35.5 Å². The lowest BCUT2D eigenvalue weighted by Crippen LogP contribution is -1.95. The average Bonchev–Trinajstić information content (AvgIpc) is 2.28. The number of allylic oxidation sites excluding steroid dienone is 6. The molecule has 0 saturated heterocycles. The third kappa shape index (κ3) is 3.02. The summed E-state index contributed by atoms with van der Waals surface area (Å²) in [6.45, 7) is 4.04. The van der Waals surface area contributed by atoms with Crippen LogP contribution in [0.25, 0.3) is 0 Å². The number of hydrogen-bond acceptors (Lipinski definition) is 1. The van der Waals surface area contributed by atoms with Crippen LogP contribution < -0.4 is 0 Å². The molecule has 0 unspecified atom stereocenters. The number of hydrogen-bond donors (Lipinski definition) is 1. The highest BCUT2D eigenvalue weighted by Gasteiger charge is 2.04. The summed E-state index contributed by atoms with van der Waals surface area (Å²) in [4.78, 5) is 0. The Kier molecular flexibility index (Phi) is 3.69. The Labute approximate surface area is 80.4 Å². The Hall–Kier alpha value is -1.11. The van der Waals surface area contributed by atoms with Crippen molar-refractivity contribution in [3.8, 4) is 0 Å². The van der Waals surface area contributed by atoms with Gasteiger partial charge in [0.25, 0.3) is 0 Å². The maximum atomic E-state index is 7.48. The van der Waals surface area contributed by atoms with E-state index >= 15 is 0 Å². The fourth-order valence-electron chi connectivity index (χ4n) is 1.58. The minimum Gasteiger partial charge on any atom is -0.310 e. The van der Waals surface area contributed by atoms with Crippen molar-refractivity contribution in [1.82, 2.24) is 0 Å². The zero-order chi connectivity index (χ0) is 9.68. The Balaban J connectivity index is 2.85. The SMILES string of the molecule is CCC1=C(CC(C)=N)CC=CC=C1. The molecule has 0 spiro atoms. The van der Waals surface area contributed by atoms with E-state index in [1.807, 2.05) is 6.92 Å². The molecule has 0 radical (unpaired) electrons. The molecular weight excluding hydrogens is 158 g/mol. The molecule has 0 atom stereocenters. The van der Waals surface area contributed by atoms with Crippen LogP contribution in [-0.2, 0) is 0 Å². The third-order valence-electron chi connectivity index (χ3n) is 2.22. The number of nitrogens with one attached hydrogen (secondary N) is 1. The van der Waals surface area contributed by atoms with Gasteiger partial charge in [0.2, 0.25) is 0 Å². The van der Waals surface area contributed by atoms with E-state index in [4.69, 9.17) is 5.41 Å². The van der Waals surface area contributed by atoms with Crippen molar-refractivity contribution in [2.75, 3.05) is 0 Å². The lowest BCUT2D eigenvalue weighted by atomic mass is 9.98. The summed E-state index contributed by atoms with van der Waals surface area (Å²) in [5.41, 5.74) is 3.56. The predicted molar refractivity (Wildman–Crippen MR) is 58.2 cm³/mol. The summed E-state index contributed by atoms with van der Waals surface area (Å²) in [5.74, 6) is 0. The molecule has 1 aliphatic rings. The van der Waals surface area contributed by atoms with Gasteiger partial charge in [-0.15, -0.1) is 0 Å². The molecule has 0 aromatic carbocycles. The van der Waals surface area contributed by atoms with E-state index in [1.54, 1.807) is 0 Å². The van der Waals surface area contributed by atoms with Gasteiger partial charge in [0, 0.05) is 12.1 Å². The second-order valence-corrected chi connectivity index (χ2v) is 3.43. The fraction of sp³-hybridized carbons (Fsp3) is 0.417. The summed E-state index contributed by atoms with van der Waals surface area (Å²) in [5, 5.41) is 7.48. The molecule has 0 aliphatic heterocycles. The van der Waals surface area contributed by atoms with E-state index in [0.717, 1.165) is 25.0 Å². The average molecular weight is 175 g/mol. The zero-order valence-electron chi connectivity index (χ0n) is 8.43. The minimum absolute atomic E-state index is 0.754. The van der Waals surface area contributed by atoms with E-state index in [1.165, 1.54) is 11.1 Å². The molecule has 13 heavy (non-hydrogen) atoms. The van der Waals surface area contributed by atoms with Crippen molar-refractivity contribution < 1.29 is 0 Å². The lowest BCUT2D eigenvalue weighted by Gasteiger charge is -2.07. The molecular formula is C12H17N. The second-order valence-electron chi connectivity index (χ2n) is 3.43. The summed E-state index contributed by atoms with van der Waals surface area (Å²) in [6, 6.07) is 0. The van der Waals surface area contributed by atoms with Crippen molar-refractivity contribution in [2.24, 2.45) is 0 Å². The second kappa shape index (κ2) is 4.80. The molecule has 70 valence electrons. The van der Waals surface area contributed by atoms with Gasteiger partial charge in [-0.05, 0) is 25.3 Å². The monoisotopic (exact) mass is 175 g/mol. The van der Waals surface area contributed by atoms with Crippen LogP contribution in [0, 0.1) is 5.41 Å². The van der Waals surface area contributed by atoms with Crippen molar-refractivity contribution in [3.63, 3.8) is 0 Å². The molecule has 1 nitrogen and oxygen atoms in total. The van der Waals surface area contributed by atoms with Crippen LogP contribution in [0.5, 0.6) is 0 Å². The first-order valence-electron chi connectivity index (χ1n) is 4.82. The van der Waals surface area contributed by atoms with Gasteiger partial charge in [0.1, 0.15) is 0 Å². The first-order valence-corrected chi connectivity index (χ1v) is 4.82. The lowest BCUT2D eigenvalue weighted by molar-refractivity contribution is 1.03. The minimum atomic E-state index is 0.754. The van der Waals surface area contributed by atoms with Crippen LogP contribution >= 0.6 is 0 Å². The molecule has 0 aromatic rings. The summed E-state index contributed by atoms with van der Waals surface area (Å²) < 4.78 is 0. The summed E-state index contributed by atoms with van der Waals surface area (Å²) >= 11 is 0. The van der Waals surface area contributed by atoms with Gasteiger partial charge in [-0.2, -0.15) is 0 Å². The quantitative estimate of drug-likeness (QED) is 0.633. The van der Waals surface area contributed by atoms with Crippen LogP contribution in [0.4, 0.5) is 0 Å². The van der Waals surface area contributed by atoms with Gasteiger partial charge in [0.15, 0.2) is 0 Å². The van der Waals surface area contributed by atoms with Crippen molar-refractivity contribution >= 4 is 5.71 Å². The van der Waals surface area contributed by atoms with Crippen LogP contribution in [0.1, 0.15) is 33.1 Å². The van der Waals surface area contributed by atoms with E-state index in [2.05, 4.69) is 31.2 Å². The smallest absolute Gasteiger partial charge is 0.00989 e.